The number of hydrogen-bond acceptors (Lipinski definition) is 3. The summed E-state index contributed by atoms with van der Waals surface area (Å²) in [4.78, 5) is 10.4. The molecule has 0 unspecified atom stereocenters. The van der Waals surface area contributed by atoms with Gasteiger partial charge in [0, 0.05) is 23.7 Å². The van der Waals surface area contributed by atoms with Crippen LogP contribution in [0.4, 0.5) is 0 Å². The fourth-order valence-corrected chi connectivity index (χ4v) is 2.84. The van der Waals surface area contributed by atoms with E-state index >= 15 is 0 Å². The van der Waals surface area contributed by atoms with E-state index in [0.29, 0.717) is 0 Å². The maximum Gasteiger partial charge on any atom is 0.160 e. The summed E-state index contributed by atoms with van der Waals surface area (Å²) in [5, 5.41) is 0. The molecule has 0 amide bonds. The number of rotatable bonds is 2. The van der Waals surface area contributed by atoms with Crippen LogP contribution in [0.2, 0.25) is 0 Å². The van der Waals surface area contributed by atoms with E-state index in [4.69, 9.17) is 4.98 Å². The minimum absolute atomic E-state index is 0.927. The highest BCUT2D eigenvalue weighted by Crippen LogP contribution is 2.30. The Balaban J connectivity index is 2.28. The van der Waals surface area contributed by atoms with Crippen LogP contribution in [0.25, 0.3) is 22.6 Å². The van der Waals surface area contributed by atoms with Gasteiger partial charge in [0.2, 0.25) is 0 Å². The highest BCUT2D eigenvalue weighted by molar-refractivity contribution is 7.98. The summed E-state index contributed by atoms with van der Waals surface area (Å²) < 4.78 is 2.06. The maximum absolute atomic E-state index is 4.74. The molecule has 3 rings (SSSR count). The van der Waals surface area contributed by atoms with Crippen LogP contribution in [0.15, 0.2) is 41.4 Å². The topological polar surface area (TPSA) is 30.7 Å². The fourth-order valence-electron chi connectivity index (χ4n) is 2.25. The Bertz CT molecular complexity index is 746. The summed E-state index contributed by atoms with van der Waals surface area (Å²) in [7, 11) is 2.02. The molecular formula is C15H15N3S. The average molecular weight is 269 g/mol. The molecule has 0 spiro atoms. The first kappa shape index (κ1) is 12.2. The second-order valence-electron chi connectivity index (χ2n) is 4.55. The van der Waals surface area contributed by atoms with Crippen molar-refractivity contribution in [1.29, 1.82) is 0 Å². The van der Waals surface area contributed by atoms with Crippen LogP contribution in [0.5, 0.6) is 0 Å². The number of imidazole rings is 1. The first-order chi connectivity index (χ1) is 9.20. The molecule has 0 saturated heterocycles. The molecule has 0 atom stereocenters. The second-order valence-corrected chi connectivity index (χ2v) is 5.40. The van der Waals surface area contributed by atoms with E-state index in [9.17, 15) is 0 Å². The number of aryl methyl sites for hydroxylation is 2. The molecule has 3 nitrogen and oxygen atoms in total. The lowest BCUT2D eigenvalue weighted by molar-refractivity contribution is 0.937. The van der Waals surface area contributed by atoms with Crippen molar-refractivity contribution in [2.75, 3.05) is 6.26 Å². The molecule has 0 aliphatic carbocycles. The summed E-state index contributed by atoms with van der Waals surface area (Å²) in [6, 6.07) is 10.4. The Morgan fingerprint density at radius 3 is 2.79 bits per heavy atom. The van der Waals surface area contributed by atoms with Gasteiger partial charge in [-0.15, -0.1) is 11.8 Å². The normalized spacial score (nSPS) is 11.1. The predicted octanol–water partition coefficient (Wildman–Crippen LogP) is 3.67. The quantitative estimate of drug-likeness (QED) is 0.665. The van der Waals surface area contributed by atoms with Gasteiger partial charge in [0.05, 0.1) is 0 Å². The molecule has 0 aliphatic heterocycles. The minimum Gasteiger partial charge on any atom is -0.312 e. The molecule has 0 radical (unpaired) electrons. The van der Waals surface area contributed by atoms with Crippen molar-refractivity contribution < 1.29 is 0 Å². The first-order valence-electron chi connectivity index (χ1n) is 6.13. The van der Waals surface area contributed by atoms with Crippen molar-refractivity contribution in [3.8, 4) is 11.4 Å². The van der Waals surface area contributed by atoms with Gasteiger partial charge in [0.15, 0.2) is 5.65 Å². The van der Waals surface area contributed by atoms with Crippen LogP contribution in [-0.4, -0.2) is 20.8 Å². The van der Waals surface area contributed by atoms with E-state index in [1.54, 1.807) is 11.8 Å². The zero-order valence-corrected chi connectivity index (χ0v) is 12.0. The van der Waals surface area contributed by atoms with Gasteiger partial charge in [-0.2, -0.15) is 0 Å². The monoisotopic (exact) mass is 269 g/mol. The standard InChI is InChI=1S/C15H15N3S/c1-10-8-12-15(16-9-10)18(2)14(17-12)11-6-4-5-7-13(11)19-3/h4-9H,1-3H3. The molecule has 4 heteroatoms. The lowest BCUT2D eigenvalue weighted by atomic mass is 10.2. The van der Waals surface area contributed by atoms with Crippen molar-refractivity contribution in [1.82, 2.24) is 14.5 Å². The SMILES string of the molecule is CSc1ccccc1-c1nc2cc(C)cnc2n1C. The van der Waals surface area contributed by atoms with Gasteiger partial charge < -0.3 is 4.57 Å². The molecule has 96 valence electrons. The van der Waals surface area contributed by atoms with Crippen LogP contribution in [0, 0.1) is 6.92 Å². The van der Waals surface area contributed by atoms with Gasteiger partial charge in [0.1, 0.15) is 11.3 Å². The number of thioether (sulfide) groups is 1. The smallest absolute Gasteiger partial charge is 0.160 e. The number of hydrogen-bond donors (Lipinski definition) is 0. The molecular weight excluding hydrogens is 254 g/mol. The van der Waals surface area contributed by atoms with E-state index in [-0.39, 0.29) is 0 Å². The predicted molar refractivity (Wildman–Crippen MR) is 80.5 cm³/mol. The van der Waals surface area contributed by atoms with Crippen molar-refractivity contribution in [3.05, 3.63) is 42.1 Å². The van der Waals surface area contributed by atoms with Crippen LogP contribution < -0.4 is 0 Å². The van der Waals surface area contributed by atoms with Gasteiger partial charge in [-0.1, -0.05) is 18.2 Å². The second kappa shape index (κ2) is 4.70. The fraction of sp³-hybridized carbons (Fsp3) is 0.200. The number of fused-ring (bicyclic) bond motifs is 1. The van der Waals surface area contributed by atoms with Crippen LogP contribution in [-0.2, 0) is 7.05 Å². The Morgan fingerprint density at radius 1 is 1.21 bits per heavy atom. The highest BCUT2D eigenvalue weighted by Gasteiger charge is 2.13. The van der Waals surface area contributed by atoms with E-state index < -0.39 is 0 Å². The number of nitrogens with zero attached hydrogens (tertiary/aromatic N) is 3. The van der Waals surface area contributed by atoms with Crippen LogP contribution >= 0.6 is 11.8 Å². The van der Waals surface area contributed by atoms with Gasteiger partial charge in [-0.05, 0) is 30.9 Å². The Morgan fingerprint density at radius 2 is 2.00 bits per heavy atom. The molecule has 0 aliphatic rings. The zero-order chi connectivity index (χ0) is 13.4. The van der Waals surface area contributed by atoms with Crippen LogP contribution in [0.3, 0.4) is 0 Å². The molecule has 2 aromatic heterocycles. The van der Waals surface area contributed by atoms with Crippen molar-refractivity contribution in [3.63, 3.8) is 0 Å². The minimum atomic E-state index is 0.927. The summed E-state index contributed by atoms with van der Waals surface area (Å²) in [5.41, 5.74) is 4.17. The zero-order valence-electron chi connectivity index (χ0n) is 11.2. The van der Waals surface area contributed by atoms with Gasteiger partial charge >= 0.3 is 0 Å². The first-order valence-corrected chi connectivity index (χ1v) is 7.35. The molecule has 0 saturated carbocycles. The van der Waals surface area contributed by atoms with Gasteiger partial charge in [-0.25, -0.2) is 9.97 Å². The molecule has 19 heavy (non-hydrogen) atoms. The van der Waals surface area contributed by atoms with Gasteiger partial charge in [-0.3, -0.25) is 0 Å². The Kier molecular flexibility index (Phi) is 3.03. The third kappa shape index (κ3) is 2.02. The lowest BCUT2D eigenvalue weighted by Crippen LogP contribution is -1.95. The Hall–Kier alpha value is -1.81. The summed E-state index contributed by atoms with van der Waals surface area (Å²) in [6.45, 7) is 2.04. The van der Waals surface area contributed by atoms with Crippen molar-refractivity contribution in [2.45, 2.75) is 11.8 Å². The summed E-state index contributed by atoms with van der Waals surface area (Å²) >= 11 is 1.74. The van der Waals surface area contributed by atoms with E-state index in [1.807, 2.05) is 26.2 Å². The van der Waals surface area contributed by atoms with E-state index in [0.717, 1.165) is 28.1 Å². The average Bonchev–Trinajstić information content (AvgIpc) is 2.75. The highest BCUT2D eigenvalue weighted by atomic mass is 32.2. The van der Waals surface area contributed by atoms with E-state index in [2.05, 4.69) is 40.1 Å². The summed E-state index contributed by atoms with van der Waals surface area (Å²) in [5.74, 6) is 0.970. The third-order valence-electron chi connectivity index (χ3n) is 3.19. The largest absolute Gasteiger partial charge is 0.312 e. The number of benzene rings is 1. The third-order valence-corrected chi connectivity index (χ3v) is 3.99. The molecule has 0 bridgehead atoms. The van der Waals surface area contributed by atoms with Gasteiger partial charge in [0.25, 0.3) is 0 Å². The maximum atomic E-state index is 4.74. The summed E-state index contributed by atoms with van der Waals surface area (Å²) in [6.07, 6.45) is 3.97. The van der Waals surface area contributed by atoms with Crippen LogP contribution in [0.1, 0.15) is 5.56 Å². The van der Waals surface area contributed by atoms with Crippen molar-refractivity contribution >= 4 is 22.9 Å². The number of pyridine rings is 1. The molecule has 3 aromatic rings. The van der Waals surface area contributed by atoms with Crippen molar-refractivity contribution in [2.24, 2.45) is 7.05 Å². The lowest BCUT2D eigenvalue weighted by Gasteiger charge is -2.06. The molecule has 2 heterocycles. The molecule has 0 N–H and O–H groups in total. The molecule has 0 fully saturated rings. The van der Waals surface area contributed by atoms with E-state index in [1.165, 1.54) is 4.90 Å². The Labute approximate surface area is 116 Å². The number of aromatic nitrogens is 3. The molecule has 1 aromatic carbocycles.